The average Bonchev–Trinajstić information content (AvgIpc) is 2.94. The van der Waals surface area contributed by atoms with Gasteiger partial charge in [-0.2, -0.15) is 0 Å². The lowest BCUT2D eigenvalue weighted by Crippen LogP contribution is -2.12. The Balaban J connectivity index is 2.00. The molecule has 0 fully saturated rings. The number of nitrogens with zero attached hydrogens (tertiary/aromatic N) is 1. The summed E-state index contributed by atoms with van der Waals surface area (Å²) in [4.78, 5) is 16.6. The Morgan fingerprint density at radius 2 is 1.96 bits per heavy atom. The monoisotopic (exact) mass is 425 g/mol. The number of aliphatic imine (C=N–C) groups is 1. The number of methoxy groups -OCH3 is 1. The van der Waals surface area contributed by atoms with E-state index in [0.717, 1.165) is 18.2 Å². The molecule has 0 aromatic heterocycles. The molecule has 1 heterocycles. The first-order chi connectivity index (χ1) is 13.0. The van der Waals surface area contributed by atoms with E-state index in [1.807, 2.05) is 6.92 Å². The lowest BCUT2D eigenvalue weighted by molar-refractivity contribution is 0.0173. The van der Waals surface area contributed by atoms with Crippen LogP contribution in [0.4, 0.5) is 14.5 Å². The largest absolute Gasteiger partial charge is 0.465 e. The van der Waals surface area contributed by atoms with Crippen LogP contribution in [0.2, 0.25) is 10.0 Å². The Kier molecular flexibility index (Phi) is 5.52. The number of alkyl halides is 2. The Morgan fingerprint density at radius 1 is 1.29 bits per heavy atom. The van der Waals surface area contributed by atoms with Gasteiger partial charge in [-0.15, -0.1) is 0 Å². The van der Waals surface area contributed by atoms with Crippen LogP contribution in [0.25, 0.3) is 0 Å². The summed E-state index contributed by atoms with van der Waals surface area (Å²) >= 11 is 12.7. The topological polar surface area (TPSA) is 38.7 Å². The molecule has 1 unspecified atom stereocenters. The molecule has 0 saturated heterocycles. The van der Waals surface area contributed by atoms with Crippen molar-refractivity contribution in [3.05, 3.63) is 62.1 Å². The van der Waals surface area contributed by atoms with Gasteiger partial charge >= 0.3 is 5.97 Å². The zero-order valence-electron chi connectivity index (χ0n) is 15.9. The number of carbonyl (C=O) groups is 1. The number of rotatable bonds is 4. The molecule has 0 radical (unpaired) electrons. The van der Waals surface area contributed by atoms with E-state index >= 15 is 0 Å². The molecule has 1 atom stereocenters. The van der Waals surface area contributed by atoms with Crippen molar-refractivity contribution in [2.24, 2.45) is 4.99 Å². The van der Waals surface area contributed by atoms with E-state index < -0.39 is 11.9 Å². The zero-order valence-corrected chi connectivity index (χ0v) is 17.4. The van der Waals surface area contributed by atoms with Crippen molar-refractivity contribution in [3.8, 4) is 0 Å². The maximum absolute atomic E-state index is 13.8. The van der Waals surface area contributed by atoms with Crippen molar-refractivity contribution in [2.75, 3.05) is 7.11 Å². The molecule has 1 aliphatic rings. The van der Waals surface area contributed by atoms with Crippen LogP contribution in [-0.2, 0) is 17.1 Å². The molecule has 2 aromatic carbocycles. The molecule has 0 bridgehead atoms. The Labute approximate surface area is 172 Å². The molecular formula is C21H19Cl2F2NO2. The zero-order chi connectivity index (χ0) is 20.8. The van der Waals surface area contributed by atoms with Crippen molar-refractivity contribution in [2.45, 2.75) is 39.0 Å². The highest BCUT2D eigenvalue weighted by atomic mass is 35.5. The smallest absolute Gasteiger partial charge is 0.339 e. The van der Waals surface area contributed by atoms with E-state index in [1.54, 1.807) is 13.0 Å². The normalized spacial score (nSPS) is 16.0. The lowest BCUT2D eigenvalue weighted by atomic mass is 9.90. The molecule has 0 amide bonds. The minimum Gasteiger partial charge on any atom is -0.465 e. The summed E-state index contributed by atoms with van der Waals surface area (Å²) < 4.78 is 32.4. The van der Waals surface area contributed by atoms with Crippen LogP contribution in [0.5, 0.6) is 0 Å². The van der Waals surface area contributed by atoms with Crippen molar-refractivity contribution in [1.29, 1.82) is 0 Å². The molecule has 148 valence electrons. The Bertz CT molecular complexity index is 997. The fraction of sp³-hybridized carbons (Fsp3) is 0.333. The van der Waals surface area contributed by atoms with E-state index in [4.69, 9.17) is 27.9 Å². The molecular weight excluding hydrogens is 407 g/mol. The fourth-order valence-corrected chi connectivity index (χ4v) is 3.95. The lowest BCUT2D eigenvalue weighted by Gasteiger charge is -2.16. The van der Waals surface area contributed by atoms with Gasteiger partial charge in [0, 0.05) is 35.6 Å². The van der Waals surface area contributed by atoms with Crippen LogP contribution in [0, 0.1) is 6.92 Å². The van der Waals surface area contributed by atoms with Gasteiger partial charge in [-0.3, -0.25) is 4.99 Å². The van der Waals surface area contributed by atoms with E-state index in [1.165, 1.54) is 25.3 Å². The van der Waals surface area contributed by atoms with Crippen LogP contribution >= 0.6 is 23.2 Å². The van der Waals surface area contributed by atoms with Crippen LogP contribution in [0.15, 0.2) is 29.3 Å². The summed E-state index contributed by atoms with van der Waals surface area (Å²) in [7, 11) is 1.27. The second-order valence-corrected chi connectivity index (χ2v) is 7.79. The molecule has 7 heteroatoms. The number of ether oxygens (including phenoxy) is 1. The second kappa shape index (κ2) is 7.45. The van der Waals surface area contributed by atoms with Crippen LogP contribution in [-0.4, -0.2) is 18.8 Å². The maximum Gasteiger partial charge on any atom is 0.339 e. The first kappa shape index (κ1) is 20.7. The summed E-state index contributed by atoms with van der Waals surface area (Å²) in [5, 5.41) is 0.615. The summed E-state index contributed by atoms with van der Waals surface area (Å²) in [6.45, 7) is 4.56. The maximum atomic E-state index is 13.8. The molecule has 3 nitrogen and oxygen atoms in total. The minimum atomic E-state index is -2.93. The predicted octanol–water partition coefficient (Wildman–Crippen LogP) is 6.63. The molecule has 3 rings (SSSR count). The van der Waals surface area contributed by atoms with Crippen molar-refractivity contribution >= 4 is 40.6 Å². The van der Waals surface area contributed by atoms with Gasteiger partial charge in [0.25, 0.3) is 5.92 Å². The predicted molar refractivity (Wildman–Crippen MR) is 108 cm³/mol. The summed E-state index contributed by atoms with van der Waals surface area (Å²) in [5.74, 6) is -3.66. The number of benzene rings is 2. The highest BCUT2D eigenvalue weighted by molar-refractivity contribution is 6.38. The fourth-order valence-electron chi connectivity index (χ4n) is 3.36. The molecule has 0 spiro atoms. The van der Waals surface area contributed by atoms with Gasteiger partial charge in [0.1, 0.15) is 0 Å². The van der Waals surface area contributed by atoms with E-state index in [0.29, 0.717) is 28.3 Å². The van der Waals surface area contributed by atoms with E-state index in [-0.39, 0.29) is 22.1 Å². The standard InChI is InChI=1S/C21H19Cl2F2NO2/c1-10-7-12(21(3,24)25)8-14-11(2)17(26-19(10)14)9-15-16(22)6-5-13(18(15)23)20(27)28-4/h5-8,11H,9H2,1-4H3. The quantitative estimate of drug-likeness (QED) is 0.515. The number of aryl methyl sites for hydroxylation is 1. The Morgan fingerprint density at radius 3 is 2.57 bits per heavy atom. The number of fused-ring (bicyclic) bond motifs is 1. The van der Waals surface area contributed by atoms with E-state index in [9.17, 15) is 13.6 Å². The van der Waals surface area contributed by atoms with Gasteiger partial charge < -0.3 is 4.74 Å². The third-order valence-corrected chi connectivity index (χ3v) is 5.79. The Hall–Kier alpha value is -1.98. The van der Waals surface area contributed by atoms with E-state index in [2.05, 4.69) is 4.99 Å². The molecule has 0 aliphatic carbocycles. The molecule has 2 aromatic rings. The summed E-state index contributed by atoms with van der Waals surface area (Å²) in [5.41, 5.74) is 3.64. The number of halogens is 4. The summed E-state index contributed by atoms with van der Waals surface area (Å²) in [6.07, 6.45) is 0.301. The first-order valence-corrected chi connectivity index (χ1v) is 9.45. The molecule has 28 heavy (non-hydrogen) atoms. The van der Waals surface area contributed by atoms with Gasteiger partial charge in [0.2, 0.25) is 0 Å². The minimum absolute atomic E-state index is 0.0317. The highest BCUT2D eigenvalue weighted by Crippen LogP contribution is 2.43. The van der Waals surface area contributed by atoms with Crippen molar-refractivity contribution in [3.63, 3.8) is 0 Å². The summed E-state index contributed by atoms with van der Waals surface area (Å²) in [6, 6.07) is 6.07. The average molecular weight is 426 g/mol. The first-order valence-electron chi connectivity index (χ1n) is 8.70. The molecule has 0 N–H and O–H groups in total. The van der Waals surface area contributed by atoms with Gasteiger partial charge in [-0.25, -0.2) is 13.6 Å². The number of esters is 1. The number of hydrogen-bond donors (Lipinski definition) is 0. The van der Waals surface area contributed by atoms with Gasteiger partial charge in [0.15, 0.2) is 0 Å². The third kappa shape index (κ3) is 3.65. The third-order valence-electron chi connectivity index (χ3n) is 5.01. The molecule has 1 aliphatic heterocycles. The second-order valence-electron chi connectivity index (χ2n) is 7.00. The molecule has 0 saturated carbocycles. The van der Waals surface area contributed by atoms with Gasteiger partial charge in [-0.05, 0) is 47.9 Å². The van der Waals surface area contributed by atoms with Gasteiger partial charge in [0.05, 0.1) is 23.4 Å². The number of carbonyl (C=O) groups excluding carboxylic acids is 1. The van der Waals surface area contributed by atoms with Crippen molar-refractivity contribution in [1.82, 2.24) is 0 Å². The highest BCUT2D eigenvalue weighted by Gasteiger charge is 2.31. The van der Waals surface area contributed by atoms with Crippen LogP contribution < -0.4 is 0 Å². The van der Waals surface area contributed by atoms with Crippen LogP contribution in [0.1, 0.15) is 52.4 Å². The van der Waals surface area contributed by atoms with Crippen molar-refractivity contribution < 1.29 is 18.3 Å². The SMILES string of the molecule is COC(=O)c1ccc(Cl)c(CC2=Nc3c(C)cc(C(C)(F)F)cc3C2C)c1Cl. The van der Waals surface area contributed by atoms with Crippen LogP contribution in [0.3, 0.4) is 0 Å². The van der Waals surface area contributed by atoms with Gasteiger partial charge in [-0.1, -0.05) is 30.1 Å². The number of hydrogen-bond acceptors (Lipinski definition) is 3.